The predicted molar refractivity (Wildman–Crippen MR) is 80.0 cm³/mol. The summed E-state index contributed by atoms with van der Waals surface area (Å²) in [6.45, 7) is 2.27. The van der Waals surface area contributed by atoms with Crippen molar-refractivity contribution in [3.05, 3.63) is 64.7 Å². The lowest BCUT2D eigenvalue weighted by atomic mass is 10.1. The lowest BCUT2D eigenvalue weighted by Crippen LogP contribution is -2.23. The van der Waals surface area contributed by atoms with Gasteiger partial charge in [0.05, 0.1) is 5.56 Å². The molecule has 2 N–H and O–H groups in total. The monoisotopic (exact) mass is 289 g/mol. The first-order chi connectivity index (χ1) is 9.60. The van der Waals surface area contributed by atoms with E-state index in [4.69, 9.17) is 11.6 Å². The minimum atomic E-state index is -0.289. The van der Waals surface area contributed by atoms with Gasteiger partial charge in [-0.3, -0.25) is 4.79 Å². The number of carbonyl (C=O) groups excluding carboxylic acids is 1. The molecular formula is C16H16ClNO2. The Bertz CT molecular complexity index is 626. The summed E-state index contributed by atoms with van der Waals surface area (Å²) in [6, 6.07) is 12.7. The van der Waals surface area contributed by atoms with Gasteiger partial charge in [-0.25, -0.2) is 0 Å². The number of rotatable bonds is 4. The van der Waals surface area contributed by atoms with Crippen LogP contribution in [-0.4, -0.2) is 11.0 Å². The van der Waals surface area contributed by atoms with Crippen molar-refractivity contribution in [2.45, 2.75) is 19.3 Å². The SMILES string of the molecule is Cc1ccc(O)c(C(=O)NCc2cccc(CCl)c2)c1. The Morgan fingerprint density at radius 1 is 1.20 bits per heavy atom. The zero-order valence-electron chi connectivity index (χ0n) is 11.2. The topological polar surface area (TPSA) is 49.3 Å². The van der Waals surface area contributed by atoms with Crippen LogP contribution in [0.1, 0.15) is 27.0 Å². The van der Waals surface area contributed by atoms with Crippen molar-refractivity contribution in [1.82, 2.24) is 5.32 Å². The van der Waals surface area contributed by atoms with Crippen LogP contribution in [0.2, 0.25) is 0 Å². The Labute approximate surface area is 123 Å². The van der Waals surface area contributed by atoms with Gasteiger partial charge in [-0.15, -0.1) is 11.6 Å². The molecule has 0 fully saturated rings. The first-order valence-corrected chi connectivity index (χ1v) is 6.85. The van der Waals surface area contributed by atoms with Gasteiger partial charge in [-0.05, 0) is 30.2 Å². The molecule has 0 saturated carbocycles. The number of phenols is 1. The Hall–Kier alpha value is -2.00. The molecule has 0 saturated heterocycles. The summed E-state index contributed by atoms with van der Waals surface area (Å²) in [7, 11) is 0. The number of carbonyl (C=O) groups is 1. The zero-order chi connectivity index (χ0) is 14.5. The summed E-state index contributed by atoms with van der Waals surface area (Å²) < 4.78 is 0. The third kappa shape index (κ3) is 3.52. The van der Waals surface area contributed by atoms with Gasteiger partial charge in [-0.2, -0.15) is 0 Å². The van der Waals surface area contributed by atoms with Crippen molar-refractivity contribution in [1.29, 1.82) is 0 Å². The second-order valence-electron chi connectivity index (χ2n) is 4.66. The lowest BCUT2D eigenvalue weighted by molar-refractivity contribution is 0.0948. The number of benzene rings is 2. The Kier molecular flexibility index (Phi) is 4.64. The van der Waals surface area contributed by atoms with E-state index in [1.165, 1.54) is 6.07 Å². The van der Waals surface area contributed by atoms with E-state index >= 15 is 0 Å². The molecule has 1 amide bonds. The van der Waals surface area contributed by atoms with Crippen molar-refractivity contribution < 1.29 is 9.90 Å². The summed E-state index contributed by atoms with van der Waals surface area (Å²) in [4.78, 5) is 12.0. The number of phenolic OH excluding ortho intramolecular Hbond substituents is 1. The fraction of sp³-hybridized carbons (Fsp3) is 0.188. The van der Waals surface area contributed by atoms with Crippen LogP contribution in [-0.2, 0) is 12.4 Å². The lowest BCUT2D eigenvalue weighted by Gasteiger charge is -2.08. The van der Waals surface area contributed by atoms with Crippen LogP contribution in [0.3, 0.4) is 0 Å². The fourth-order valence-electron chi connectivity index (χ4n) is 1.93. The maximum atomic E-state index is 12.0. The maximum absolute atomic E-state index is 12.0. The summed E-state index contributed by atoms with van der Waals surface area (Å²) in [5.74, 6) is 0.144. The average Bonchev–Trinajstić information content (AvgIpc) is 2.47. The first-order valence-electron chi connectivity index (χ1n) is 6.32. The molecule has 0 aromatic heterocycles. The molecule has 0 radical (unpaired) electrons. The van der Waals surface area contributed by atoms with Crippen molar-refractivity contribution in [2.75, 3.05) is 0 Å². The Morgan fingerprint density at radius 3 is 2.70 bits per heavy atom. The number of amides is 1. The molecular weight excluding hydrogens is 274 g/mol. The largest absolute Gasteiger partial charge is 0.507 e. The molecule has 4 heteroatoms. The van der Waals surface area contributed by atoms with Crippen LogP contribution in [0.15, 0.2) is 42.5 Å². The standard InChI is InChI=1S/C16H16ClNO2/c1-11-5-6-15(19)14(7-11)16(20)18-10-13-4-2-3-12(8-13)9-17/h2-8,19H,9-10H2,1H3,(H,18,20). The Balaban J connectivity index is 2.06. The molecule has 2 aromatic carbocycles. The van der Waals surface area contributed by atoms with Gasteiger partial charge in [0.1, 0.15) is 5.75 Å². The highest BCUT2D eigenvalue weighted by molar-refractivity contribution is 6.17. The van der Waals surface area contributed by atoms with Gasteiger partial charge >= 0.3 is 0 Å². The van der Waals surface area contributed by atoms with E-state index in [1.54, 1.807) is 12.1 Å². The summed E-state index contributed by atoms with van der Waals surface area (Å²) in [5.41, 5.74) is 3.20. The first kappa shape index (κ1) is 14.4. The highest BCUT2D eigenvalue weighted by atomic mass is 35.5. The van der Waals surface area contributed by atoms with Crippen molar-refractivity contribution in [3.8, 4) is 5.75 Å². The molecule has 0 atom stereocenters. The van der Waals surface area contributed by atoms with Crippen LogP contribution < -0.4 is 5.32 Å². The molecule has 3 nitrogen and oxygen atoms in total. The third-order valence-electron chi connectivity index (χ3n) is 3.00. The number of aromatic hydroxyl groups is 1. The summed E-state index contributed by atoms with van der Waals surface area (Å²) in [5, 5.41) is 12.5. The maximum Gasteiger partial charge on any atom is 0.255 e. The highest BCUT2D eigenvalue weighted by Crippen LogP contribution is 2.18. The number of hydrogen-bond donors (Lipinski definition) is 2. The van der Waals surface area contributed by atoms with E-state index in [0.717, 1.165) is 16.7 Å². The number of hydrogen-bond acceptors (Lipinski definition) is 2. The van der Waals surface area contributed by atoms with Crippen LogP contribution in [0, 0.1) is 6.92 Å². The number of aryl methyl sites for hydroxylation is 1. The van der Waals surface area contributed by atoms with Crippen molar-refractivity contribution >= 4 is 17.5 Å². The minimum absolute atomic E-state index is 0.0115. The molecule has 0 aliphatic carbocycles. The number of alkyl halides is 1. The quantitative estimate of drug-likeness (QED) is 0.848. The average molecular weight is 290 g/mol. The van der Waals surface area contributed by atoms with Crippen LogP contribution in [0.25, 0.3) is 0 Å². The summed E-state index contributed by atoms with van der Waals surface area (Å²) in [6.07, 6.45) is 0. The van der Waals surface area contributed by atoms with Crippen LogP contribution >= 0.6 is 11.6 Å². The van der Waals surface area contributed by atoms with Gasteiger partial charge in [0.25, 0.3) is 5.91 Å². The molecule has 0 bridgehead atoms. The predicted octanol–water partition coefficient (Wildman–Crippen LogP) is 3.37. The molecule has 0 heterocycles. The van der Waals surface area contributed by atoms with E-state index in [-0.39, 0.29) is 11.7 Å². The van der Waals surface area contributed by atoms with E-state index < -0.39 is 0 Å². The molecule has 0 spiro atoms. The normalized spacial score (nSPS) is 10.3. The molecule has 2 aromatic rings. The minimum Gasteiger partial charge on any atom is -0.507 e. The summed E-state index contributed by atoms with van der Waals surface area (Å²) >= 11 is 5.78. The third-order valence-corrected chi connectivity index (χ3v) is 3.30. The van der Waals surface area contributed by atoms with Gasteiger partial charge in [0.15, 0.2) is 0 Å². The molecule has 2 rings (SSSR count). The van der Waals surface area contributed by atoms with Crippen molar-refractivity contribution in [2.24, 2.45) is 0 Å². The van der Waals surface area contributed by atoms with Gasteiger partial charge in [0.2, 0.25) is 0 Å². The van der Waals surface area contributed by atoms with E-state index in [0.29, 0.717) is 18.0 Å². The van der Waals surface area contributed by atoms with Gasteiger partial charge in [-0.1, -0.05) is 35.9 Å². The molecule has 0 unspecified atom stereocenters. The second kappa shape index (κ2) is 6.44. The molecule has 0 aliphatic rings. The van der Waals surface area contributed by atoms with E-state index in [2.05, 4.69) is 5.32 Å². The Morgan fingerprint density at radius 2 is 1.95 bits per heavy atom. The van der Waals surface area contributed by atoms with Gasteiger partial charge in [0, 0.05) is 12.4 Å². The second-order valence-corrected chi connectivity index (χ2v) is 4.92. The highest BCUT2D eigenvalue weighted by Gasteiger charge is 2.10. The molecule has 0 aliphatic heterocycles. The molecule has 104 valence electrons. The van der Waals surface area contributed by atoms with Gasteiger partial charge < -0.3 is 10.4 Å². The zero-order valence-corrected chi connectivity index (χ0v) is 11.9. The van der Waals surface area contributed by atoms with Crippen LogP contribution in [0.5, 0.6) is 5.75 Å². The van der Waals surface area contributed by atoms with E-state index in [1.807, 2.05) is 31.2 Å². The number of nitrogens with one attached hydrogen (secondary N) is 1. The van der Waals surface area contributed by atoms with Crippen LogP contribution in [0.4, 0.5) is 0 Å². The fourth-order valence-corrected chi connectivity index (χ4v) is 2.10. The smallest absolute Gasteiger partial charge is 0.255 e. The van der Waals surface area contributed by atoms with E-state index in [9.17, 15) is 9.90 Å². The number of halogens is 1. The van der Waals surface area contributed by atoms with Crippen molar-refractivity contribution in [3.63, 3.8) is 0 Å². The molecule has 20 heavy (non-hydrogen) atoms.